The summed E-state index contributed by atoms with van der Waals surface area (Å²) in [6, 6.07) is 1.42. The highest BCUT2D eigenvalue weighted by atomic mass is 28.3. The molecule has 0 aliphatic carbocycles. The van der Waals surface area contributed by atoms with Gasteiger partial charge in [-0.05, 0) is 11.8 Å². The molecule has 0 heterocycles. The molecule has 0 amide bonds. The Labute approximate surface area is 79.1 Å². The first-order valence-corrected chi connectivity index (χ1v) is 8.64. The van der Waals surface area contributed by atoms with Crippen molar-refractivity contribution in [3.8, 4) is 0 Å². The smallest absolute Gasteiger partial charge is 0.0448 e. The van der Waals surface area contributed by atoms with E-state index in [4.69, 9.17) is 0 Å². The largest absolute Gasteiger partial charge is 0.103 e. The standard InChI is InChI=1S/C11H24Si/c1-7-9-11(3,8-2)10-12(4,5)6/h7H,1,8-10H2,2-6H3. The summed E-state index contributed by atoms with van der Waals surface area (Å²) in [7, 11) is -0.899. The van der Waals surface area contributed by atoms with Gasteiger partial charge in [-0.2, -0.15) is 0 Å². The minimum Gasteiger partial charge on any atom is -0.103 e. The molecule has 0 aromatic carbocycles. The SMILES string of the molecule is C=CCC(C)(CC)C[Si](C)(C)C. The Morgan fingerprint density at radius 2 is 1.83 bits per heavy atom. The average molecular weight is 184 g/mol. The van der Waals surface area contributed by atoms with Crippen molar-refractivity contribution in [2.45, 2.75) is 52.4 Å². The third-order valence-corrected chi connectivity index (χ3v) is 4.36. The Morgan fingerprint density at radius 3 is 2.08 bits per heavy atom. The van der Waals surface area contributed by atoms with Crippen molar-refractivity contribution < 1.29 is 0 Å². The Hall–Kier alpha value is -0.0431. The predicted octanol–water partition coefficient (Wildman–Crippen LogP) is 4.32. The molecule has 0 radical (unpaired) electrons. The van der Waals surface area contributed by atoms with Crippen molar-refractivity contribution in [1.29, 1.82) is 0 Å². The topological polar surface area (TPSA) is 0 Å². The quantitative estimate of drug-likeness (QED) is 0.441. The van der Waals surface area contributed by atoms with Crippen LogP contribution in [0.1, 0.15) is 26.7 Å². The molecular formula is C11H24Si. The van der Waals surface area contributed by atoms with Gasteiger partial charge in [0.2, 0.25) is 0 Å². The Bertz CT molecular complexity index is 144. The summed E-state index contributed by atoms with van der Waals surface area (Å²) < 4.78 is 0. The number of hydrogen-bond acceptors (Lipinski definition) is 0. The third kappa shape index (κ3) is 4.76. The summed E-state index contributed by atoms with van der Waals surface area (Å²) in [5.74, 6) is 0. The van der Waals surface area contributed by atoms with Gasteiger partial charge in [0, 0.05) is 8.07 Å². The van der Waals surface area contributed by atoms with Crippen LogP contribution < -0.4 is 0 Å². The fourth-order valence-electron chi connectivity index (χ4n) is 1.97. The van der Waals surface area contributed by atoms with Gasteiger partial charge in [0.25, 0.3) is 0 Å². The zero-order chi connectivity index (χ0) is 9.83. The molecule has 0 rings (SSSR count). The molecule has 1 atom stereocenters. The van der Waals surface area contributed by atoms with Crippen molar-refractivity contribution in [2.24, 2.45) is 5.41 Å². The highest BCUT2D eigenvalue weighted by molar-refractivity contribution is 6.76. The first kappa shape index (κ1) is 12.0. The van der Waals surface area contributed by atoms with E-state index in [0.717, 1.165) is 0 Å². The zero-order valence-corrected chi connectivity index (χ0v) is 10.4. The maximum atomic E-state index is 3.84. The van der Waals surface area contributed by atoms with Gasteiger partial charge in [0.05, 0.1) is 0 Å². The van der Waals surface area contributed by atoms with Crippen LogP contribution in [0.15, 0.2) is 12.7 Å². The van der Waals surface area contributed by atoms with Crippen LogP contribution in [0.2, 0.25) is 25.7 Å². The zero-order valence-electron chi connectivity index (χ0n) is 9.41. The fourth-order valence-corrected chi connectivity index (χ4v) is 4.93. The maximum Gasteiger partial charge on any atom is 0.0448 e. The highest BCUT2D eigenvalue weighted by Gasteiger charge is 2.27. The number of hydrogen-bond donors (Lipinski definition) is 0. The van der Waals surface area contributed by atoms with Crippen LogP contribution in [0.5, 0.6) is 0 Å². The van der Waals surface area contributed by atoms with Crippen LogP contribution in [0, 0.1) is 5.41 Å². The van der Waals surface area contributed by atoms with E-state index in [0.29, 0.717) is 5.41 Å². The van der Waals surface area contributed by atoms with Gasteiger partial charge >= 0.3 is 0 Å². The van der Waals surface area contributed by atoms with Gasteiger partial charge in [0.15, 0.2) is 0 Å². The van der Waals surface area contributed by atoms with Gasteiger partial charge in [-0.3, -0.25) is 0 Å². The van der Waals surface area contributed by atoms with E-state index in [1.807, 2.05) is 0 Å². The van der Waals surface area contributed by atoms with Crippen molar-refractivity contribution in [3.05, 3.63) is 12.7 Å². The summed E-state index contributed by atoms with van der Waals surface area (Å²) in [5.41, 5.74) is 0.520. The Kier molecular flexibility index (Phi) is 4.25. The van der Waals surface area contributed by atoms with Crippen LogP contribution in [-0.2, 0) is 0 Å². The van der Waals surface area contributed by atoms with Crippen LogP contribution >= 0.6 is 0 Å². The van der Waals surface area contributed by atoms with Crippen molar-refractivity contribution >= 4 is 8.07 Å². The lowest BCUT2D eigenvalue weighted by atomic mass is 9.86. The van der Waals surface area contributed by atoms with E-state index < -0.39 is 8.07 Å². The highest BCUT2D eigenvalue weighted by Crippen LogP contribution is 2.35. The molecule has 0 fully saturated rings. The molecular weight excluding hydrogens is 160 g/mol. The van der Waals surface area contributed by atoms with E-state index in [1.165, 1.54) is 18.9 Å². The normalized spacial score (nSPS) is 17.1. The molecule has 0 N–H and O–H groups in total. The summed E-state index contributed by atoms with van der Waals surface area (Å²) in [6.45, 7) is 15.9. The lowest BCUT2D eigenvalue weighted by Crippen LogP contribution is -2.29. The van der Waals surface area contributed by atoms with E-state index >= 15 is 0 Å². The second kappa shape index (κ2) is 4.27. The predicted molar refractivity (Wildman–Crippen MR) is 61.4 cm³/mol. The molecule has 1 unspecified atom stereocenters. The van der Waals surface area contributed by atoms with Gasteiger partial charge in [-0.1, -0.05) is 52.0 Å². The van der Waals surface area contributed by atoms with Crippen LogP contribution in [-0.4, -0.2) is 8.07 Å². The van der Waals surface area contributed by atoms with Crippen LogP contribution in [0.25, 0.3) is 0 Å². The monoisotopic (exact) mass is 184 g/mol. The van der Waals surface area contributed by atoms with Crippen LogP contribution in [0.3, 0.4) is 0 Å². The molecule has 72 valence electrons. The van der Waals surface area contributed by atoms with E-state index in [2.05, 4.69) is 46.1 Å². The maximum absolute atomic E-state index is 3.84. The second-order valence-corrected chi connectivity index (χ2v) is 10.9. The lowest BCUT2D eigenvalue weighted by molar-refractivity contribution is 0.352. The Morgan fingerprint density at radius 1 is 1.33 bits per heavy atom. The van der Waals surface area contributed by atoms with E-state index in [9.17, 15) is 0 Å². The van der Waals surface area contributed by atoms with Crippen LogP contribution in [0.4, 0.5) is 0 Å². The molecule has 0 aromatic heterocycles. The van der Waals surface area contributed by atoms with Gasteiger partial charge < -0.3 is 0 Å². The average Bonchev–Trinajstić information content (AvgIpc) is 1.84. The van der Waals surface area contributed by atoms with E-state index in [-0.39, 0.29) is 0 Å². The molecule has 0 nitrogen and oxygen atoms in total. The van der Waals surface area contributed by atoms with Crippen molar-refractivity contribution in [3.63, 3.8) is 0 Å². The Balaban J connectivity index is 4.23. The van der Waals surface area contributed by atoms with E-state index in [1.54, 1.807) is 0 Å². The van der Waals surface area contributed by atoms with Gasteiger partial charge in [-0.15, -0.1) is 6.58 Å². The molecule has 0 spiro atoms. The molecule has 0 saturated carbocycles. The minimum absolute atomic E-state index is 0.520. The summed E-state index contributed by atoms with van der Waals surface area (Å²) in [6.07, 6.45) is 4.53. The van der Waals surface area contributed by atoms with Gasteiger partial charge in [0.1, 0.15) is 0 Å². The lowest BCUT2D eigenvalue weighted by Gasteiger charge is -2.33. The molecule has 1 heteroatoms. The van der Waals surface area contributed by atoms with Gasteiger partial charge in [-0.25, -0.2) is 0 Å². The van der Waals surface area contributed by atoms with Crippen molar-refractivity contribution in [1.82, 2.24) is 0 Å². The fraction of sp³-hybridized carbons (Fsp3) is 0.818. The summed E-state index contributed by atoms with van der Waals surface area (Å²) >= 11 is 0. The number of rotatable bonds is 5. The molecule has 0 aliphatic heterocycles. The minimum atomic E-state index is -0.899. The summed E-state index contributed by atoms with van der Waals surface area (Å²) in [5, 5.41) is 0. The number of allylic oxidation sites excluding steroid dienone is 1. The molecule has 0 saturated heterocycles. The second-order valence-electron chi connectivity index (χ2n) is 5.39. The molecule has 0 aliphatic rings. The first-order valence-electron chi connectivity index (χ1n) is 4.94. The van der Waals surface area contributed by atoms with Crippen molar-refractivity contribution in [2.75, 3.05) is 0 Å². The summed E-state index contributed by atoms with van der Waals surface area (Å²) in [4.78, 5) is 0. The molecule has 12 heavy (non-hydrogen) atoms. The molecule has 0 bridgehead atoms. The molecule has 0 aromatic rings. The third-order valence-electron chi connectivity index (χ3n) is 2.45. The first-order chi connectivity index (χ1) is 5.33.